The van der Waals surface area contributed by atoms with Gasteiger partial charge in [0.2, 0.25) is 0 Å². The molecule has 0 spiro atoms. The second-order valence-electron chi connectivity index (χ2n) is 4.87. The molecule has 94 valence electrons. The maximum absolute atomic E-state index is 10.3. The molecule has 0 saturated carbocycles. The number of phenols is 1. The summed E-state index contributed by atoms with van der Waals surface area (Å²) in [5, 5.41) is 19.5. The van der Waals surface area contributed by atoms with E-state index in [1.165, 1.54) is 19.3 Å². The number of aliphatic hydroxyl groups is 1. The van der Waals surface area contributed by atoms with Gasteiger partial charge in [-0.05, 0) is 50.6 Å². The van der Waals surface area contributed by atoms with E-state index in [2.05, 4.69) is 11.8 Å². The third-order valence-corrected chi connectivity index (χ3v) is 3.66. The molecule has 0 amide bonds. The zero-order chi connectivity index (χ0) is 12.3. The Bertz CT molecular complexity index is 344. The second kappa shape index (κ2) is 5.52. The molecule has 0 unspecified atom stereocenters. The molecular weight excluding hydrogens is 214 g/mol. The number of nitrogens with zero attached hydrogens (tertiary/aromatic N) is 1. The molecule has 3 nitrogen and oxygen atoms in total. The van der Waals surface area contributed by atoms with Crippen LogP contribution in [0, 0.1) is 0 Å². The van der Waals surface area contributed by atoms with Gasteiger partial charge in [-0.3, -0.25) is 4.90 Å². The highest BCUT2D eigenvalue weighted by Crippen LogP contribution is 2.24. The molecule has 3 heteroatoms. The molecule has 1 fully saturated rings. The van der Waals surface area contributed by atoms with E-state index in [0.717, 1.165) is 18.7 Å². The lowest BCUT2D eigenvalue weighted by molar-refractivity contribution is 0.0471. The largest absolute Gasteiger partial charge is 0.508 e. The van der Waals surface area contributed by atoms with Crippen LogP contribution in [-0.2, 0) is 0 Å². The predicted octanol–water partition coefficient (Wildman–Crippen LogP) is 2.30. The molecule has 1 aliphatic rings. The minimum atomic E-state index is -0.478. The molecule has 0 aliphatic carbocycles. The van der Waals surface area contributed by atoms with Crippen molar-refractivity contribution in [1.29, 1.82) is 0 Å². The number of piperidine rings is 1. The Morgan fingerprint density at radius 3 is 2.24 bits per heavy atom. The SMILES string of the molecule is C[C@@H]([C@@H](O)c1ccc(O)cc1)N1CCCCC1. The van der Waals surface area contributed by atoms with Crippen molar-refractivity contribution in [3.63, 3.8) is 0 Å². The van der Waals surface area contributed by atoms with Gasteiger partial charge < -0.3 is 10.2 Å². The van der Waals surface area contributed by atoms with E-state index >= 15 is 0 Å². The van der Waals surface area contributed by atoms with Crippen molar-refractivity contribution in [2.75, 3.05) is 13.1 Å². The maximum Gasteiger partial charge on any atom is 0.115 e. The van der Waals surface area contributed by atoms with Gasteiger partial charge in [-0.25, -0.2) is 0 Å². The van der Waals surface area contributed by atoms with Gasteiger partial charge in [-0.15, -0.1) is 0 Å². The summed E-state index contributed by atoms with van der Waals surface area (Å²) < 4.78 is 0. The topological polar surface area (TPSA) is 43.7 Å². The molecule has 1 saturated heterocycles. The molecule has 0 radical (unpaired) electrons. The lowest BCUT2D eigenvalue weighted by Crippen LogP contribution is -2.40. The standard InChI is InChI=1S/C14H21NO2/c1-11(15-9-3-2-4-10-15)14(17)12-5-7-13(16)8-6-12/h5-8,11,14,16-17H,2-4,9-10H2,1H3/t11-,14+/m0/s1. The first-order valence-electron chi connectivity index (χ1n) is 6.39. The fraction of sp³-hybridized carbons (Fsp3) is 0.571. The Balaban J connectivity index is 2.02. The molecule has 1 aliphatic heterocycles. The highest BCUT2D eigenvalue weighted by atomic mass is 16.3. The van der Waals surface area contributed by atoms with E-state index in [0.29, 0.717) is 0 Å². The fourth-order valence-electron chi connectivity index (χ4n) is 2.48. The van der Waals surface area contributed by atoms with Gasteiger partial charge in [-0.1, -0.05) is 18.6 Å². The van der Waals surface area contributed by atoms with Gasteiger partial charge in [0.15, 0.2) is 0 Å². The summed E-state index contributed by atoms with van der Waals surface area (Å²) in [5.74, 6) is 0.242. The number of hydrogen-bond donors (Lipinski definition) is 2. The maximum atomic E-state index is 10.3. The Labute approximate surface area is 103 Å². The zero-order valence-corrected chi connectivity index (χ0v) is 10.3. The summed E-state index contributed by atoms with van der Waals surface area (Å²) in [5.41, 5.74) is 0.876. The minimum Gasteiger partial charge on any atom is -0.508 e. The van der Waals surface area contributed by atoms with Gasteiger partial charge in [0.25, 0.3) is 0 Å². The van der Waals surface area contributed by atoms with Crippen LogP contribution in [0.5, 0.6) is 5.75 Å². The Hall–Kier alpha value is -1.06. The summed E-state index contributed by atoms with van der Waals surface area (Å²) in [6, 6.07) is 6.98. The average Bonchev–Trinajstić information content (AvgIpc) is 2.39. The van der Waals surface area contributed by atoms with Crippen LogP contribution in [-0.4, -0.2) is 34.2 Å². The van der Waals surface area contributed by atoms with Crippen LogP contribution in [0.15, 0.2) is 24.3 Å². The number of aromatic hydroxyl groups is 1. The van der Waals surface area contributed by atoms with Crippen LogP contribution < -0.4 is 0 Å². The third-order valence-electron chi connectivity index (χ3n) is 3.66. The van der Waals surface area contributed by atoms with Crippen molar-refractivity contribution in [2.45, 2.75) is 38.3 Å². The smallest absolute Gasteiger partial charge is 0.115 e. The molecule has 0 bridgehead atoms. The van der Waals surface area contributed by atoms with Crippen LogP contribution in [0.3, 0.4) is 0 Å². The predicted molar refractivity (Wildman–Crippen MR) is 68.0 cm³/mol. The molecule has 1 aromatic rings. The molecule has 2 atom stereocenters. The van der Waals surface area contributed by atoms with Crippen molar-refractivity contribution in [2.24, 2.45) is 0 Å². The van der Waals surface area contributed by atoms with Gasteiger partial charge in [0.05, 0.1) is 6.10 Å². The van der Waals surface area contributed by atoms with Crippen LogP contribution in [0.25, 0.3) is 0 Å². The summed E-state index contributed by atoms with van der Waals surface area (Å²) >= 11 is 0. The van der Waals surface area contributed by atoms with Crippen molar-refractivity contribution in [1.82, 2.24) is 4.90 Å². The summed E-state index contributed by atoms with van der Waals surface area (Å²) in [6.07, 6.45) is 3.28. The van der Waals surface area contributed by atoms with Gasteiger partial charge in [0, 0.05) is 6.04 Å². The highest BCUT2D eigenvalue weighted by molar-refractivity contribution is 5.27. The van der Waals surface area contributed by atoms with Gasteiger partial charge in [0.1, 0.15) is 5.75 Å². The van der Waals surface area contributed by atoms with Crippen LogP contribution in [0.2, 0.25) is 0 Å². The molecule has 1 heterocycles. The normalized spacial score (nSPS) is 21.1. The molecular formula is C14H21NO2. The monoisotopic (exact) mass is 235 g/mol. The van der Waals surface area contributed by atoms with Crippen LogP contribution in [0.4, 0.5) is 0 Å². The average molecular weight is 235 g/mol. The van der Waals surface area contributed by atoms with Gasteiger partial charge in [-0.2, -0.15) is 0 Å². The van der Waals surface area contributed by atoms with E-state index in [-0.39, 0.29) is 11.8 Å². The number of phenolic OH excluding ortho intramolecular Hbond substituents is 1. The Kier molecular flexibility index (Phi) is 4.02. The number of hydrogen-bond acceptors (Lipinski definition) is 3. The molecule has 1 aromatic carbocycles. The number of rotatable bonds is 3. The van der Waals surface area contributed by atoms with Crippen molar-refractivity contribution in [3.8, 4) is 5.75 Å². The minimum absolute atomic E-state index is 0.139. The van der Waals surface area contributed by atoms with E-state index < -0.39 is 6.10 Å². The fourth-order valence-corrected chi connectivity index (χ4v) is 2.48. The lowest BCUT2D eigenvalue weighted by atomic mass is 10.00. The quantitative estimate of drug-likeness (QED) is 0.845. The molecule has 2 N–H and O–H groups in total. The number of likely N-dealkylation sites (tertiary alicyclic amines) is 1. The van der Waals surface area contributed by atoms with E-state index in [4.69, 9.17) is 0 Å². The van der Waals surface area contributed by atoms with Crippen LogP contribution in [0.1, 0.15) is 37.9 Å². The second-order valence-corrected chi connectivity index (χ2v) is 4.87. The lowest BCUT2D eigenvalue weighted by Gasteiger charge is -2.35. The van der Waals surface area contributed by atoms with Crippen LogP contribution >= 0.6 is 0 Å². The van der Waals surface area contributed by atoms with Crippen molar-refractivity contribution < 1.29 is 10.2 Å². The van der Waals surface area contributed by atoms with E-state index in [9.17, 15) is 10.2 Å². The summed E-state index contributed by atoms with van der Waals surface area (Å²) in [6.45, 7) is 4.23. The summed E-state index contributed by atoms with van der Waals surface area (Å²) in [4.78, 5) is 2.35. The van der Waals surface area contributed by atoms with Crippen molar-refractivity contribution in [3.05, 3.63) is 29.8 Å². The molecule has 2 rings (SSSR count). The van der Waals surface area contributed by atoms with E-state index in [1.54, 1.807) is 24.3 Å². The third kappa shape index (κ3) is 2.99. The molecule has 0 aromatic heterocycles. The zero-order valence-electron chi connectivity index (χ0n) is 10.3. The highest BCUT2D eigenvalue weighted by Gasteiger charge is 2.24. The van der Waals surface area contributed by atoms with Crippen molar-refractivity contribution >= 4 is 0 Å². The number of aliphatic hydroxyl groups excluding tert-OH is 1. The Morgan fingerprint density at radius 1 is 1.06 bits per heavy atom. The Morgan fingerprint density at radius 2 is 1.65 bits per heavy atom. The molecule has 17 heavy (non-hydrogen) atoms. The van der Waals surface area contributed by atoms with E-state index in [1.807, 2.05) is 0 Å². The summed E-state index contributed by atoms with van der Waals surface area (Å²) in [7, 11) is 0. The first kappa shape index (κ1) is 12.4. The first-order valence-corrected chi connectivity index (χ1v) is 6.39. The number of benzene rings is 1. The van der Waals surface area contributed by atoms with Gasteiger partial charge >= 0.3 is 0 Å². The first-order chi connectivity index (χ1) is 8.18.